The van der Waals surface area contributed by atoms with Crippen LogP contribution in [0.5, 0.6) is 11.5 Å². The van der Waals surface area contributed by atoms with E-state index in [1.807, 2.05) is 12.1 Å². The van der Waals surface area contributed by atoms with Crippen LogP contribution in [0.1, 0.15) is 69.8 Å². The molecule has 2 aromatic rings. The fourth-order valence-electron chi connectivity index (χ4n) is 4.83. The standard InChI is InChI=1S/C31H38O6/c1-4-5-6-8-23-11-13-24(14-12-23)25-15-17-26(18-16-25)29-27(36-30(34)21(2)19-32)9-7-10-28(29)37-31(35)22(3)20-33/h7,9-10,15-18,23-24,32-33H,2-6,8,11-14,19-20H2,1H3. The van der Waals surface area contributed by atoms with Crippen molar-refractivity contribution in [3.05, 3.63) is 72.3 Å². The van der Waals surface area contributed by atoms with Crippen molar-refractivity contribution in [3.63, 3.8) is 0 Å². The Morgan fingerprint density at radius 1 is 0.838 bits per heavy atom. The van der Waals surface area contributed by atoms with Crippen LogP contribution in [0.15, 0.2) is 66.8 Å². The summed E-state index contributed by atoms with van der Waals surface area (Å²) >= 11 is 0. The summed E-state index contributed by atoms with van der Waals surface area (Å²) in [5.74, 6) is 0.129. The second-order valence-corrected chi connectivity index (χ2v) is 9.77. The second kappa shape index (κ2) is 13.9. The molecule has 0 aliphatic heterocycles. The lowest BCUT2D eigenvalue weighted by atomic mass is 9.77. The molecule has 0 saturated heterocycles. The average Bonchev–Trinajstić information content (AvgIpc) is 2.93. The Hall–Kier alpha value is -3.22. The van der Waals surface area contributed by atoms with Crippen LogP contribution < -0.4 is 9.47 Å². The number of hydrogen-bond acceptors (Lipinski definition) is 6. The normalized spacial score (nSPS) is 17.2. The van der Waals surface area contributed by atoms with Crippen LogP contribution in [0.25, 0.3) is 11.1 Å². The number of aliphatic hydroxyl groups excluding tert-OH is 2. The molecular formula is C31H38O6. The maximum Gasteiger partial charge on any atom is 0.341 e. The molecule has 3 rings (SSSR count). The Kier molecular flexibility index (Phi) is 10.7. The number of esters is 2. The van der Waals surface area contributed by atoms with Crippen LogP contribution in [0.3, 0.4) is 0 Å². The Morgan fingerprint density at radius 3 is 1.86 bits per heavy atom. The van der Waals surface area contributed by atoms with E-state index < -0.39 is 25.2 Å². The van der Waals surface area contributed by atoms with Gasteiger partial charge in [-0.1, -0.05) is 76.1 Å². The molecule has 6 heteroatoms. The van der Waals surface area contributed by atoms with Gasteiger partial charge in [-0.15, -0.1) is 0 Å². The van der Waals surface area contributed by atoms with Crippen molar-refractivity contribution >= 4 is 11.9 Å². The second-order valence-electron chi connectivity index (χ2n) is 9.77. The highest BCUT2D eigenvalue weighted by Crippen LogP contribution is 2.42. The molecule has 6 nitrogen and oxygen atoms in total. The quantitative estimate of drug-likeness (QED) is 0.156. The maximum atomic E-state index is 12.3. The van der Waals surface area contributed by atoms with Gasteiger partial charge in [-0.05, 0) is 60.8 Å². The van der Waals surface area contributed by atoms with Crippen LogP contribution in [-0.2, 0) is 9.59 Å². The van der Waals surface area contributed by atoms with Gasteiger partial charge in [-0.25, -0.2) is 9.59 Å². The predicted molar refractivity (Wildman–Crippen MR) is 144 cm³/mol. The zero-order valence-electron chi connectivity index (χ0n) is 21.7. The number of aliphatic hydroxyl groups is 2. The largest absolute Gasteiger partial charge is 0.422 e. The van der Waals surface area contributed by atoms with Crippen molar-refractivity contribution in [2.45, 2.75) is 64.2 Å². The molecule has 0 heterocycles. The molecule has 2 aromatic carbocycles. The minimum Gasteiger partial charge on any atom is -0.422 e. The summed E-state index contributed by atoms with van der Waals surface area (Å²) in [4.78, 5) is 24.7. The predicted octanol–water partition coefficient (Wildman–Crippen LogP) is 6.12. The molecule has 198 valence electrons. The van der Waals surface area contributed by atoms with E-state index in [-0.39, 0.29) is 22.6 Å². The van der Waals surface area contributed by atoms with Gasteiger partial charge in [0, 0.05) is 0 Å². The average molecular weight is 507 g/mol. The molecule has 1 aliphatic rings. The first-order valence-electron chi connectivity index (χ1n) is 13.1. The topological polar surface area (TPSA) is 93.1 Å². The highest BCUT2D eigenvalue weighted by atomic mass is 16.5. The summed E-state index contributed by atoms with van der Waals surface area (Å²) < 4.78 is 11.0. The lowest BCUT2D eigenvalue weighted by Gasteiger charge is -2.29. The molecule has 0 unspecified atom stereocenters. The zero-order chi connectivity index (χ0) is 26.8. The number of unbranched alkanes of at least 4 members (excludes halogenated alkanes) is 2. The van der Waals surface area contributed by atoms with E-state index in [1.54, 1.807) is 18.2 Å². The van der Waals surface area contributed by atoms with Gasteiger partial charge in [0.15, 0.2) is 0 Å². The monoisotopic (exact) mass is 506 g/mol. The first-order chi connectivity index (χ1) is 17.9. The van der Waals surface area contributed by atoms with Gasteiger partial charge in [0.1, 0.15) is 11.5 Å². The van der Waals surface area contributed by atoms with E-state index in [1.165, 1.54) is 56.9 Å². The summed E-state index contributed by atoms with van der Waals surface area (Å²) in [6, 6.07) is 12.8. The molecule has 0 radical (unpaired) electrons. The molecule has 0 atom stereocenters. The summed E-state index contributed by atoms with van der Waals surface area (Å²) in [6.45, 7) is 8.21. The molecule has 1 aliphatic carbocycles. The number of carbonyl (C=O) groups is 2. The highest BCUT2D eigenvalue weighted by molar-refractivity contribution is 5.93. The van der Waals surface area contributed by atoms with Crippen molar-refractivity contribution in [3.8, 4) is 22.6 Å². The third-order valence-corrected chi connectivity index (χ3v) is 7.09. The fourth-order valence-corrected chi connectivity index (χ4v) is 4.83. The van der Waals surface area contributed by atoms with Crippen molar-refractivity contribution < 1.29 is 29.3 Å². The third-order valence-electron chi connectivity index (χ3n) is 7.09. The Balaban J connectivity index is 1.84. The zero-order valence-corrected chi connectivity index (χ0v) is 21.7. The van der Waals surface area contributed by atoms with Crippen molar-refractivity contribution in [2.75, 3.05) is 13.2 Å². The van der Waals surface area contributed by atoms with Gasteiger partial charge in [-0.3, -0.25) is 0 Å². The van der Waals surface area contributed by atoms with Crippen LogP contribution in [0, 0.1) is 5.92 Å². The lowest BCUT2D eigenvalue weighted by molar-refractivity contribution is -0.131. The number of ether oxygens (including phenoxy) is 2. The molecule has 0 spiro atoms. The number of hydrogen-bond donors (Lipinski definition) is 2. The van der Waals surface area contributed by atoms with Crippen molar-refractivity contribution in [2.24, 2.45) is 5.92 Å². The van der Waals surface area contributed by atoms with E-state index in [0.29, 0.717) is 17.0 Å². The SMILES string of the molecule is C=C(CO)C(=O)Oc1cccc(OC(=O)C(=C)CO)c1-c1ccc(C2CCC(CCCCC)CC2)cc1. The molecule has 0 amide bonds. The summed E-state index contributed by atoms with van der Waals surface area (Å²) in [7, 11) is 0. The van der Waals surface area contributed by atoms with Gasteiger partial charge < -0.3 is 19.7 Å². The van der Waals surface area contributed by atoms with E-state index in [4.69, 9.17) is 9.47 Å². The van der Waals surface area contributed by atoms with Gasteiger partial charge in [0.05, 0.1) is 29.9 Å². The maximum absolute atomic E-state index is 12.3. The van der Waals surface area contributed by atoms with E-state index >= 15 is 0 Å². The van der Waals surface area contributed by atoms with Crippen molar-refractivity contribution in [1.29, 1.82) is 0 Å². The Morgan fingerprint density at radius 2 is 1.38 bits per heavy atom. The van der Waals surface area contributed by atoms with Gasteiger partial charge in [0.25, 0.3) is 0 Å². The fraction of sp³-hybridized carbons (Fsp3) is 0.419. The van der Waals surface area contributed by atoms with E-state index in [2.05, 4.69) is 32.2 Å². The first-order valence-corrected chi connectivity index (χ1v) is 13.1. The Bertz CT molecular complexity index is 1040. The van der Waals surface area contributed by atoms with E-state index in [9.17, 15) is 19.8 Å². The molecule has 37 heavy (non-hydrogen) atoms. The number of rotatable bonds is 12. The van der Waals surface area contributed by atoms with Crippen LogP contribution >= 0.6 is 0 Å². The third kappa shape index (κ3) is 7.63. The highest BCUT2D eigenvalue weighted by Gasteiger charge is 2.24. The summed E-state index contributed by atoms with van der Waals surface area (Å²) in [5, 5.41) is 18.5. The smallest absolute Gasteiger partial charge is 0.341 e. The van der Waals surface area contributed by atoms with Gasteiger partial charge >= 0.3 is 11.9 Å². The van der Waals surface area contributed by atoms with Crippen LogP contribution in [0.2, 0.25) is 0 Å². The molecule has 0 aromatic heterocycles. The van der Waals surface area contributed by atoms with E-state index in [0.717, 1.165) is 5.92 Å². The molecule has 1 fully saturated rings. The van der Waals surface area contributed by atoms with Crippen LogP contribution in [0.4, 0.5) is 0 Å². The minimum atomic E-state index is -0.778. The molecule has 0 bridgehead atoms. The van der Waals surface area contributed by atoms with Gasteiger partial charge in [0.2, 0.25) is 0 Å². The lowest BCUT2D eigenvalue weighted by Crippen LogP contribution is -2.15. The molecule has 2 N–H and O–H groups in total. The number of carbonyl (C=O) groups excluding carboxylic acids is 2. The molecule has 1 saturated carbocycles. The summed E-state index contributed by atoms with van der Waals surface area (Å²) in [5.41, 5.74) is 2.19. The summed E-state index contributed by atoms with van der Waals surface area (Å²) in [6.07, 6.45) is 10.1. The number of benzene rings is 2. The Labute approximate surface area is 219 Å². The first kappa shape index (κ1) is 28.4. The van der Waals surface area contributed by atoms with Crippen molar-refractivity contribution in [1.82, 2.24) is 0 Å². The minimum absolute atomic E-state index is 0.0948. The van der Waals surface area contributed by atoms with Crippen LogP contribution in [-0.4, -0.2) is 35.4 Å². The van der Waals surface area contributed by atoms with Gasteiger partial charge in [-0.2, -0.15) is 0 Å². The molecular weight excluding hydrogens is 468 g/mol.